The van der Waals surface area contributed by atoms with Gasteiger partial charge in [0, 0.05) is 0 Å². The summed E-state index contributed by atoms with van der Waals surface area (Å²) in [7, 11) is 0. The van der Waals surface area contributed by atoms with Crippen molar-refractivity contribution in [3.63, 3.8) is 0 Å². The zero-order chi connectivity index (χ0) is 15.5. The van der Waals surface area contributed by atoms with Gasteiger partial charge in [0.1, 0.15) is 0 Å². The number of amidine groups is 1. The topological polar surface area (TPSA) is 41.5 Å². The van der Waals surface area contributed by atoms with E-state index in [1.54, 1.807) is 0 Å². The third-order valence-corrected chi connectivity index (χ3v) is 4.20. The number of aliphatic imine (C=N–C) groups is 1. The number of amides is 1. The zero-order valence-electron chi connectivity index (χ0n) is 12.5. The van der Waals surface area contributed by atoms with Crippen molar-refractivity contribution in [2.24, 2.45) is 4.99 Å². The van der Waals surface area contributed by atoms with Gasteiger partial charge in [0.25, 0.3) is 5.91 Å². The first-order valence-electron chi connectivity index (χ1n) is 7.03. The third kappa shape index (κ3) is 3.46. The van der Waals surface area contributed by atoms with Crippen molar-refractivity contribution in [2.45, 2.75) is 13.8 Å². The summed E-state index contributed by atoms with van der Waals surface area (Å²) in [5.41, 5.74) is 4.24. The Morgan fingerprint density at radius 1 is 0.955 bits per heavy atom. The van der Waals surface area contributed by atoms with Gasteiger partial charge in [-0.1, -0.05) is 47.5 Å². The standard InChI is InChI=1S/C18H16N2OS/c1-12-3-7-14(8-4-12)11-16-17(21)20-18(22-16)19-15-9-5-13(2)6-10-15/h3-11H,1-2H3,(H,19,20,21)/b16-11-. The SMILES string of the molecule is Cc1ccc(/C=C2\SC(=Nc3ccc(C)cc3)NC2=O)cc1. The Labute approximate surface area is 134 Å². The number of thioether (sulfide) groups is 1. The van der Waals surface area contributed by atoms with Crippen molar-refractivity contribution >= 4 is 34.6 Å². The number of rotatable bonds is 2. The van der Waals surface area contributed by atoms with Gasteiger partial charge in [-0.3, -0.25) is 4.79 Å². The third-order valence-electron chi connectivity index (χ3n) is 3.29. The second kappa shape index (κ2) is 6.20. The molecule has 1 fully saturated rings. The minimum atomic E-state index is -0.101. The molecule has 2 aromatic carbocycles. The minimum Gasteiger partial charge on any atom is -0.300 e. The van der Waals surface area contributed by atoms with E-state index < -0.39 is 0 Å². The van der Waals surface area contributed by atoms with E-state index in [2.05, 4.69) is 10.3 Å². The van der Waals surface area contributed by atoms with Crippen LogP contribution in [0.15, 0.2) is 58.4 Å². The first kappa shape index (κ1) is 14.6. The largest absolute Gasteiger partial charge is 0.300 e. The lowest BCUT2D eigenvalue weighted by molar-refractivity contribution is -0.115. The maximum atomic E-state index is 12.0. The van der Waals surface area contributed by atoms with Crippen LogP contribution < -0.4 is 5.32 Å². The fourth-order valence-corrected chi connectivity index (χ4v) is 2.87. The van der Waals surface area contributed by atoms with E-state index in [1.165, 1.54) is 22.9 Å². The number of nitrogens with one attached hydrogen (secondary N) is 1. The molecule has 0 unspecified atom stereocenters. The predicted octanol–water partition coefficient (Wildman–Crippen LogP) is 4.20. The molecule has 110 valence electrons. The Hall–Kier alpha value is -2.33. The van der Waals surface area contributed by atoms with Crippen LogP contribution in [0.4, 0.5) is 5.69 Å². The van der Waals surface area contributed by atoms with Gasteiger partial charge in [-0.15, -0.1) is 0 Å². The molecule has 0 aliphatic carbocycles. The summed E-state index contributed by atoms with van der Waals surface area (Å²) in [6.07, 6.45) is 1.89. The van der Waals surface area contributed by atoms with Crippen LogP contribution in [-0.4, -0.2) is 11.1 Å². The van der Waals surface area contributed by atoms with Gasteiger partial charge in [0.2, 0.25) is 0 Å². The smallest absolute Gasteiger partial charge is 0.264 e. The Balaban J connectivity index is 1.80. The number of nitrogens with zero attached hydrogens (tertiary/aromatic N) is 1. The molecule has 1 N–H and O–H groups in total. The van der Waals surface area contributed by atoms with Gasteiger partial charge in [-0.25, -0.2) is 4.99 Å². The molecule has 0 bridgehead atoms. The van der Waals surface area contributed by atoms with Crippen LogP contribution in [0.2, 0.25) is 0 Å². The average molecular weight is 308 g/mol. The molecule has 0 spiro atoms. The van der Waals surface area contributed by atoms with Crippen molar-refractivity contribution in [1.29, 1.82) is 0 Å². The number of hydrogen-bond acceptors (Lipinski definition) is 3. The molecule has 0 aromatic heterocycles. The van der Waals surface area contributed by atoms with Gasteiger partial charge in [0.05, 0.1) is 10.6 Å². The van der Waals surface area contributed by atoms with E-state index in [1.807, 2.05) is 68.5 Å². The number of benzene rings is 2. The van der Waals surface area contributed by atoms with Crippen LogP contribution in [0.1, 0.15) is 16.7 Å². The quantitative estimate of drug-likeness (QED) is 0.845. The summed E-state index contributed by atoms with van der Waals surface area (Å²) in [6, 6.07) is 16.0. The second-order valence-electron chi connectivity index (χ2n) is 5.23. The van der Waals surface area contributed by atoms with Crippen LogP contribution in [0.5, 0.6) is 0 Å². The highest BCUT2D eigenvalue weighted by Gasteiger charge is 2.23. The zero-order valence-corrected chi connectivity index (χ0v) is 13.3. The van der Waals surface area contributed by atoms with Gasteiger partial charge in [0.15, 0.2) is 5.17 Å². The maximum Gasteiger partial charge on any atom is 0.264 e. The van der Waals surface area contributed by atoms with E-state index in [0.29, 0.717) is 10.1 Å². The molecule has 0 atom stereocenters. The first-order chi connectivity index (χ1) is 10.6. The number of carbonyl (C=O) groups excluding carboxylic acids is 1. The lowest BCUT2D eigenvalue weighted by Gasteiger charge is -1.97. The maximum absolute atomic E-state index is 12.0. The van der Waals surface area contributed by atoms with E-state index in [0.717, 1.165) is 11.3 Å². The van der Waals surface area contributed by atoms with Crippen molar-refractivity contribution in [3.8, 4) is 0 Å². The first-order valence-corrected chi connectivity index (χ1v) is 7.85. The summed E-state index contributed by atoms with van der Waals surface area (Å²) in [6.45, 7) is 4.08. The lowest BCUT2D eigenvalue weighted by Crippen LogP contribution is -2.19. The van der Waals surface area contributed by atoms with Crippen LogP contribution >= 0.6 is 11.8 Å². The van der Waals surface area contributed by atoms with Crippen LogP contribution in [-0.2, 0) is 4.79 Å². The molecule has 1 aliphatic rings. The Morgan fingerprint density at radius 2 is 1.55 bits per heavy atom. The molecule has 3 nitrogen and oxygen atoms in total. The predicted molar refractivity (Wildman–Crippen MR) is 93.2 cm³/mol. The molecule has 0 radical (unpaired) electrons. The van der Waals surface area contributed by atoms with Crippen molar-refractivity contribution in [1.82, 2.24) is 5.32 Å². The molecular formula is C18H16N2OS. The molecule has 2 aromatic rings. The molecule has 1 saturated heterocycles. The van der Waals surface area contributed by atoms with Gasteiger partial charge < -0.3 is 5.32 Å². The molecule has 1 amide bonds. The molecule has 3 rings (SSSR count). The fraction of sp³-hybridized carbons (Fsp3) is 0.111. The van der Waals surface area contributed by atoms with Crippen LogP contribution in [0, 0.1) is 13.8 Å². The Bertz CT molecular complexity index is 759. The highest BCUT2D eigenvalue weighted by Crippen LogP contribution is 2.28. The normalized spacial score (nSPS) is 18.0. The van der Waals surface area contributed by atoms with Crippen molar-refractivity contribution in [3.05, 3.63) is 70.1 Å². The molecule has 0 saturated carbocycles. The summed E-state index contributed by atoms with van der Waals surface area (Å²) in [5.74, 6) is -0.101. The van der Waals surface area contributed by atoms with E-state index >= 15 is 0 Å². The highest BCUT2D eigenvalue weighted by molar-refractivity contribution is 8.18. The molecule has 4 heteroatoms. The van der Waals surface area contributed by atoms with Crippen LogP contribution in [0.25, 0.3) is 6.08 Å². The number of aryl methyl sites for hydroxylation is 2. The van der Waals surface area contributed by atoms with Gasteiger partial charge >= 0.3 is 0 Å². The lowest BCUT2D eigenvalue weighted by atomic mass is 10.1. The molecule has 22 heavy (non-hydrogen) atoms. The van der Waals surface area contributed by atoms with E-state index in [4.69, 9.17) is 0 Å². The van der Waals surface area contributed by atoms with Gasteiger partial charge in [-0.05, 0) is 49.4 Å². The van der Waals surface area contributed by atoms with Crippen molar-refractivity contribution < 1.29 is 4.79 Å². The minimum absolute atomic E-state index is 0.101. The molecular weight excluding hydrogens is 292 g/mol. The fourth-order valence-electron chi connectivity index (χ4n) is 2.03. The van der Waals surface area contributed by atoms with E-state index in [-0.39, 0.29) is 5.91 Å². The Kier molecular flexibility index (Phi) is 4.11. The van der Waals surface area contributed by atoms with Crippen molar-refractivity contribution in [2.75, 3.05) is 0 Å². The van der Waals surface area contributed by atoms with E-state index in [9.17, 15) is 4.79 Å². The van der Waals surface area contributed by atoms with Gasteiger partial charge in [-0.2, -0.15) is 0 Å². The second-order valence-corrected chi connectivity index (χ2v) is 6.26. The summed E-state index contributed by atoms with van der Waals surface area (Å²) < 4.78 is 0. The monoisotopic (exact) mass is 308 g/mol. The Morgan fingerprint density at radius 3 is 2.18 bits per heavy atom. The highest BCUT2D eigenvalue weighted by atomic mass is 32.2. The molecule has 1 heterocycles. The summed E-state index contributed by atoms with van der Waals surface area (Å²) >= 11 is 1.37. The summed E-state index contributed by atoms with van der Waals surface area (Å²) in [5, 5.41) is 3.42. The number of carbonyl (C=O) groups is 1. The summed E-state index contributed by atoms with van der Waals surface area (Å²) in [4.78, 5) is 17.1. The molecule has 1 aliphatic heterocycles. The number of hydrogen-bond donors (Lipinski definition) is 1. The average Bonchev–Trinajstić information content (AvgIpc) is 2.84. The van der Waals surface area contributed by atoms with Crippen LogP contribution in [0.3, 0.4) is 0 Å².